The zero-order valence-corrected chi connectivity index (χ0v) is 9.80. The predicted octanol–water partition coefficient (Wildman–Crippen LogP) is 0.686. The van der Waals surface area contributed by atoms with Crippen LogP contribution in [0.5, 0.6) is 0 Å². The van der Waals surface area contributed by atoms with Crippen molar-refractivity contribution in [3.05, 3.63) is 28.7 Å². The summed E-state index contributed by atoms with van der Waals surface area (Å²) in [6.45, 7) is 1.31. The third-order valence-electron chi connectivity index (χ3n) is 3.22. The van der Waals surface area contributed by atoms with E-state index in [2.05, 4.69) is 0 Å². The molecule has 0 aliphatic carbocycles. The Morgan fingerprint density at radius 2 is 2.29 bits per heavy atom. The number of aliphatic carboxylic acids is 1. The van der Waals surface area contributed by atoms with Gasteiger partial charge in [0.15, 0.2) is 0 Å². The molecular formula is C12H16N2O3. The van der Waals surface area contributed by atoms with Crippen LogP contribution in [0.1, 0.15) is 12.8 Å². The monoisotopic (exact) mass is 236 g/mol. The molecule has 1 aromatic rings. The molecular weight excluding hydrogens is 220 g/mol. The molecule has 0 spiro atoms. The summed E-state index contributed by atoms with van der Waals surface area (Å²) < 4.78 is 1.50. The molecule has 1 aromatic heterocycles. The van der Waals surface area contributed by atoms with Crippen LogP contribution in [0.2, 0.25) is 0 Å². The van der Waals surface area contributed by atoms with Crippen molar-refractivity contribution in [1.82, 2.24) is 4.57 Å². The van der Waals surface area contributed by atoms with Crippen molar-refractivity contribution >= 4 is 11.7 Å². The Labute approximate surface area is 99.3 Å². The molecule has 5 heteroatoms. The molecule has 17 heavy (non-hydrogen) atoms. The highest BCUT2D eigenvalue weighted by Crippen LogP contribution is 2.21. The molecule has 1 unspecified atom stereocenters. The minimum absolute atomic E-state index is 0.0695. The summed E-state index contributed by atoms with van der Waals surface area (Å²) in [5.41, 5.74) is 0.749. The van der Waals surface area contributed by atoms with Crippen molar-refractivity contribution in [1.29, 1.82) is 0 Å². The van der Waals surface area contributed by atoms with Crippen molar-refractivity contribution in [2.75, 3.05) is 18.0 Å². The normalized spacial score (nSPS) is 20.3. The highest BCUT2D eigenvalue weighted by Gasteiger charge is 2.25. The summed E-state index contributed by atoms with van der Waals surface area (Å²) >= 11 is 0. The number of aromatic nitrogens is 1. The van der Waals surface area contributed by atoms with Gasteiger partial charge in [0.25, 0.3) is 5.56 Å². The van der Waals surface area contributed by atoms with Crippen LogP contribution >= 0.6 is 0 Å². The summed E-state index contributed by atoms with van der Waals surface area (Å²) in [5.74, 6) is -1.08. The lowest BCUT2D eigenvalue weighted by atomic mass is 9.98. The summed E-state index contributed by atoms with van der Waals surface area (Å²) in [4.78, 5) is 24.5. The molecule has 1 aliphatic heterocycles. The molecule has 2 rings (SSSR count). The molecule has 2 heterocycles. The first kappa shape index (κ1) is 11.7. The molecule has 1 saturated heterocycles. The lowest BCUT2D eigenvalue weighted by molar-refractivity contribution is -0.141. The van der Waals surface area contributed by atoms with Crippen LogP contribution in [-0.4, -0.2) is 28.7 Å². The maximum absolute atomic E-state index is 11.5. The smallest absolute Gasteiger partial charge is 0.308 e. The number of rotatable bonds is 2. The van der Waals surface area contributed by atoms with Gasteiger partial charge < -0.3 is 14.6 Å². The molecule has 1 N–H and O–H groups in total. The SMILES string of the molecule is Cn1ccc(N2CCCC(C(=O)O)C2)cc1=O. The van der Waals surface area contributed by atoms with E-state index < -0.39 is 5.97 Å². The lowest BCUT2D eigenvalue weighted by Crippen LogP contribution is -2.39. The highest BCUT2D eigenvalue weighted by molar-refractivity contribution is 5.71. The van der Waals surface area contributed by atoms with Crippen LogP contribution in [0.3, 0.4) is 0 Å². The Balaban J connectivity index is 2.19. The van der Waals surface area contributed by atoms with Gasteiger partial charge >= 0.3 is 5.97 Å². The number of carboxylic acid groups (broad SMARTS) is 1. The first-order chi connectivity index (χ1) is 8.08. The second-order valence-electron chi connectivity index (χ2n) is 4.46. The van der Waals surface area contributed by atoms with Crippen LogP contribution in [0.4, 0.5) is 5.69 Å². The van der Waals surface area contributed by atoms with Crippen LogP contribution in [0, 0.1) is 5.92 Å². The molecule has 0 saturated carbocycles. The van der Waals surface area contributed by atoms with Gasteiger partial charge in [0.2, 0.25) is 0 Å². The second kappa shape index (κ2) is 4.61. The van der Waals surface area contributed by atoms with E-state index in [0.717, 1.165) is 25.1 Å². The number of nitrogens with zero attached hydrogens (tertiary/aromatic N) is 2. The van der Waals surface area contributed by atoms with Gasteiger partial charge in [-0.2, -0.15) is 0 Å². The van der Waals surface area contributed by atoms with Gasteiger partial charge in [0.05, 0.1) is 5.92 Å². The van der Waals surface area contributed by atoms with E-state index in [9.17, 15) is 9.59 Å². The number of carbonyl (C=O) groups is 1. The molecule has 0 amide bonds. The van der Waals surface area contributed by atoms with Crippen molar-refractivity contribution in [3.8, 4) is 0 Å². The quantitative estimate of drug-likeness (QED) is 0.820. The van der Waals surface area contributed by atoms with Gasteiger partial charge in [-0.15, -0.1) is 0 Å². The number of aryl methyl sites for hydroxylation is 1. The van der Waals surface area contributed by atoms with Gasteiger partial charge in [0, 0.05) is 38.1 Å². The molecule has 0 radical (unpaired) electrons. The Kier molecular flexibility index (Phi) is 3.17. The molecule has 1 atom stereocenters. The molecule has 5 nitrogen and oxygen atoms in total. The molecule has 1 fully saturated rings. The lowest BCUT2D eigenvalue weighted by Gasteiger charge is -2.32. The second-order valence-corrected chi connectivity index (χ2v) is 4.46. The van der Waals surface area contributed by atoms with Crippen molar-refractivity contribution in [3.63, 3.8) is 0 Å². The Morgan fingerprint density at radius 1 is 1.53 bits per heavy atom. The van der Waals surface area contributed by atoms with Crippen LogP contribution < -0.4 is 10.5 Å². The van der Waals surface area contributed by atoms with E-state index in [1.165, 1.54) is 4.57 Å². The zero-order chi connectivity index (χ0) is 12.4. The fourth-order valence-electron chi connectivity index (χ4n) is 2.15. The largest absolute Gasteiger partial charge is 0.481 e. The average Bonchev–Trinajstić information content (AvgIpc) is 2.33. The van der Waals surface area contributed by atoms with Crippen molar-refractivity contribution in [2.45, 2.75) is 12.8 Å². The van der Waals surface area contributed by atoms with E-state index >= 15 is 0 Å². The van der Waals surface area contributed by atoms with Crippen molar-refractivity contribution in [2.24, 2.45) is 13.0 Å². The topological polar surface area (TPSA) is 62.5 Å². The van der Waals surface area contributed by atoms with Gasteiger partial charge in [-0.3, -0.25) is 9.59 Å². The number of hydrogen-bond acceptors (Lipinski definition) is 3. The van der Waals surface area contributed by atoms with E-state index in [-0.39, 0.29) is 11.5 Å². The van der Waals surface area contributed by atoms with Crippen molar-refractivity contribution < 1.29 is 9.90 Å². The number of carboxylic acids is 1. The average molecular weight is 236 g/mol. The summed E-state index contributed by atoms with van der Waals surface area (Å²) in [5, 5.41) is 9.01. The maximum atomic E-state index is 11.5. The standard InChI is InChI=1S/C12H16N2O3/c1-13-6-4-10(7-11(13)15)14-5-2-3-9(8-14)12(16)17/h4,6-7,9H,2-3,5,8H2,1H3,(H,16,17). The highest BCUT2D eigenvalue weighted by atomic mass is 16.4. The number of pyridine rings is 1. The van der Waals surface area contributed by atoms with Gasteiger partial charge in [-0.1, -0.05) is 0 Å². The first-order valence-electron chi connectivity index (χ1n) is 5.72. The van der Waals surface area contributed by atoms with Crippen LogP contribution in [0.15, 0.2) is 23.1 Å². The number of piperidine rings is 1. The van der Waals surface area contributed by atoms with E-state index in [1.807, 2.05) is 11.0 Å². The van der Waals surface area contributed by atoms with E-state index in [1.54, 1.807) is 19.3 Å². The summed E-state index contributed by atoms with van der Waals surface area (Å²) in [6.07, 6.45) is 3.28. The van der Waals surface area contributed by atoms with Crippen LogP contribution in [0.25, 0.3) is 0 Å². The first-order valence-corrected chi connectivity index (χ1v) is 5.72. The fraction of sp³-hybridized carbons (Fsp3) is 0.500. The molecule has 0 aromatic carbocycles. The fourth-order valence-corrected chi connectivity index (χ4v) is 2.15. The van der Waals surface area contributed by atoms with Gasteiger partial charge in [-0.05, 0) is 18.9 Å². The number of hydrogen-bond donors (Lipinski definition) is 1. The zero-order valence-electron chi connectivity index (χ0n) is 9.80. The summed E-state index contributed by atoms with van der Waals surface area (Å²) in [7, 11) is 1.70. The minimum atomic E-state index is -0.751. The van der Waals surface area contributed by atoms with E-state index in [0.29, 0.717) is 6.54 Å². The molecule has 0 bridgehead atoms. The molecule has 1 aliphatic rings. The van der Waals surface area contributed by atoms with Crippen LogP contribution in [-0.2, 0) is 11.8 Å². The van der Waals surface area contributed by atoms with E-state index in [4.69, 9.17) is 5.11 Å². The Morgan fingerprint density at radius 3 is 2.94 bits per heavy atom. The third-order valence-corrected chi connectivity index (χ3v) is 3.22. The van der Waals surface area contributed by atoms with Gasteiger partial charge in [-0.25, -0.2) is 0 Å². The Hall–Kier alpha value is -1.78. The Bertz CT molecular complexity index is 481. The predicted molar refractivity (Wildman–Crippen MR) is 64.3 cm³/mol. The van der Waals surface area contributed by atoms with Gasteiger partial charge in [0.1, 0.15) is 0 Å². The number of anilines is 1. The third kappa shape index (κ3) is 2.49. The molecule has 92 valence electrons. The maximum Gasteiger partial charge on any atom is 0.308 e. The minimum Gasteiger partial charge on any atom is -0.481 e. The summed E-state index contributed by atoms with van der Waals surface area (Å²) in [6, 6.07) is 3.41.